The van der Waals surface area contributed by atoms with Crippen LogP contribution in [0.5, 0.6) is 5.75 Å². The second-order valence-corrected chi connectivity index (χ2v) is 7.97. The number of hydrogen-bond donors (Lipinski definition) is 1. The zero-order valence-electron chi connectivity index (χ0n) is 17.0. The topological polar surface area (TPSA) is 29.3 Å². The Bertz CT molecular complexity index is 969. The summed E-state index contributed by atoms with van der Waals surface area (Å²) in [6.07, 6.45) is 1.93. The molecule has 0 radical (unpaired) electrons. The number of ether oxygens (including phenoxy) is 1. The summed E-state index contributed by atoms with van der Waals surface area (Å²) in [4.78, 5) is 1.55. The normalized spacial score (nSPS) is 14.9. The van der Waals surface area contributed by atoms with Crippen LogP contribution >= 0.6 is 11.6 Å². The second kappa shape index (κ2) is 10.3. The third kappa shape index (κ3) is 5.85. The Morgan fingerprint density at radius 3 is 2.50 bits per heavy atom. The molecule has 0 atom stereocenters. The van der Waals surface area contributed by atoms with Gasteiger partial charge in [-0.2, -0.15) is 5.10 Å². The predicted molar refractivity (Wildman–Crippen MR) is 122 cm³/mol. The molecule has 4 nitrogen and oxygen atoms in total. The SMILES string of the molecule is Clc1ccccc1C[NH+]1CCN(/N=C\c2cccc(OCc3ccccc3)c2)CC1. The van der Waals surface area contributed by atoms with Gasteiger partial charge in [-0.25, -0.2) is 0 Å². The van der Waals surface area contributed by atoms with Gasteiger partial charge < -0.3 is 9.64 Å². The molecule has 1 N–H and O–H groups in total. The molecule has 0 saturated carbocycles. The minimum absolute atomic E-state index is 0.567. The molecule has 154 valence electrons. The maximum absolute atomic E-state index is 6.30. The van der Waals surface area contributed by atoms with Crippen LogP contribution in [0.4, 0.5) is 0 Å². The zero-order chi connectivity index (χ0) is 20.6. The molecule has 5 heteroatoms. The fraction of sp³-hybridized carbons (Fsp3) is 0.240. The largest absolute Gasteiger partial charge is 0.489 e. The smallest absolute Gasteiger partial charge is 0.120 e. The number of halogens is 1. The van der Waals surface area contributed by atoms with Gasteiger partial charge in [0.25, 0.3) is 0 Å². The van der Waals surface area contributed by atoms with Gasteiger partial charge in [0, 0.05) is 10.6 Å². The Morgan fingerprint density at radius 1 is 0.933 bits per heavy atom. The molecule has 30 heavy (non-hydrogen) atoms. The lowest BCUT2D eigenvalue weighted by Crippen LogP contribution is -3.13. The van der Waals surface area contributed by atoms with Gasteiger partial charge in [0.15, 0.2) is 0 Å². The first kappa shape index (κ1) is 20.5. The quantitative estimate of drug-likeness (QED) is 0.591. The Kier molecular flexibility index (Phi) is 7.01. The second-order valence-electron chi connectivity index (χ2n) is 7.56. The summed E-state index contributed by atoms with van der Waals surface area (Å²) in [5, 5.41) is 7.69. The van der Waals surface area contributed by atoms with Crippen molar-refractivity contribution >= 4 is 17.8 Å². The van der Waals surface area contributed by atoms with Crippen molar-refractivity contribution in [2.75, 3.05) is 26.2 Å². The minimum Gasteiger partial charge on any atom is -0.489 e. The highest BCUT2D eigenvalue weighted by atomic mass is 35.5. The Morgan fingerprint density at radius 2 is 1.70 bits per heavy atom. The van der Waals surface area contributed by atoms with Gasteiger partial charge in [-0.1, -0.05) is 72.3 Å². The molecule has 0 aliphatic carbocycles. The van der Waals surface area contributed by atoms with Crippen LogP contribution in [0.15, 0.2) is 84.0 Å². The predicted octanol–water partition coefficient (Wildman–Crippen LogP) is 3.65. The average Bonchev–Trinajstić information content (AvgIpc) is 2.80. The van der Waals surface area contributed by atoms with Gasteiger partial charge in [0.2, 0.25) is 0 Å². The third-order valence-electron chi connectivity index (χ3n) is 5.32. The van der Waals surface area contributed by atoms with Crippen molar-refractivity contribution in [3.8, 4) is 5.75 Å². The molecule has 0 unspecified atom stereocenters. The van der Waals surface area contributed by atoms with Gasteiger partial charge in [-0.3, -0.25) is 5.01 Å². The highest BCUT2D eigenvalue weighted by molar-refractivity contribution is 6.31. The first-order valence-corrected chi connectivity index (χ1v) is 10.8. The molecule has 1 heterocycles. The fourth-order valence-electron chi connectivity index (χ4n) is 3.59. The lowest BCUT2D eigenvalue weighted by Gasteiger charge is -2.30. The van der Waals surface area contributed by atoms with E-state index in [0.717, 1.165) is 54.6 Å². The molecule has 0 amide bonds. The first-order chi connectivity index (χ1) is 14.8. The molecule has 1 saturated heterocycles. The van der Waals surface area contributed by atoms with E-state index in [1.165, 1.54) is 5.56 Å². The van der Waals surface area contributed by atoms with Crippen molar-refractivity contribution in [1.82, 2.24) is 5.01 Å². The Hall–Kier alpha value is -2.82. The number of piperazine rings is 1. The maximum Gasteiger partial charge on any atom is 0.120 e. The van der Waals surface area contributed by atoms with Crippen LogP contribution in [-0.2, 0) is 13.2 Å². The molecule has 3 aromatic rings. The number of hydrogen-bond acceptors (Lipinski definition) is 3. The fourth-order valence-corrected chi connectivity index (χ4v) is 3.79. The van der Waals surface area contributed by atoms with Gasteiger partial charge in [-0.15, -0.1) is 0 Å². The molecular weight excluding hydrogens is 394 g/mol. The van der Waals surface area contributed by atoms with Crippen LogP contribution in [0.2, 0.25) is 5.02 Å². The van der Waals surface area contributed by atoms with Crippen molar-refractivity contribution in [3.05, 3.63) is 101 Å². The number of quaternary nitrogens is 1. The molecule has 1 aliphatic heterocycles. The van der Waals surface area contributed by atoms with Crippen LogP contribution in [0.3, 0.4) is 0 Å². The highest BCUT2D eigenvalue weighted by Gasteiger charge is 2.19. The average molecular weight is 421 g/mol. The molecule has 4 rings (SSSR count). The highest BCUT2D eigenvalue weighted by Crippen LogP contribution is 2.15. The number of nitrogens with zero attached hydrogens (tertiary/aromatic N) is 2. The molecule has 1 aliphatic rings. The molecule has 0 spiro atoms. The van der Waals surface area contributed by atoms with Crippen LogP contribution in [-0.4, -0.2) is 37.4 Å². The van der Waals surface area contributed by atoms with E-state index in [9.17, 15) is 0 Å². The summed E-state index contributed by atoms with van der Waals surface area (Å²) >= 11 is 6.30. The van der Waals surface area contributed by atoms with E-state index in [2.05, 4.69) is 40.4 Å². The monoisotopic (exact) mass is 420 g/mol. The maximum atomic E-state index is 6.30. The van der Waals surface area contributed by atoms with E-state index in [1.54, 1.807) is 4.90 Å². The molecule has 1 fully saturated rings. The zero-order valence-corrected chi connectivity index (χ0v) is 17.8. The van der Waals surface area contributed by atoms with Crippen LogP contribution in [0.25, 0.3) is 0 Å². The van der Waals surface area contributed by atoms with Crippen molar-refractivity contribution in [2.45, 2.75) is 13.2 Å². The van der Waals surface area contributed by atoms with Gasteiger partial charge in [-0.05, 0) is 29.3 Å². The van der Waals surface area contributed by atoms with Crippen molar-refractivity contribution in [3.63, 3.8) is 0 Å². The number of nitrogens with one attached hydrogen (secondary N) is 1. The minimum atomic E-state index is 0.567. The Labute approximate surface area is 183 Å². The summed E-state index contributed by atoms with van der Waals surface area (Å²) in [5.74, 6) is 0.858. The van der Waals surface area contributed by atoms with Crippen LogP contribution < -0.4 is 9.64 Å². The first-order valence-electron chi connectivity index (χ1n) is 10.4. The van der Waals surface area contributed by atoms with E-state index >= 15 is 0 Å². The molecular formula is C25H27ClN3O+. The van der Waals surface area contributed by atoms with E-state index in [4.69, 9.17) is 16.3 Å². The van der Waals surface area contributed by atoms with E-state index < -0.39 is 0 Å². The van der Waals surface area contributed by atoms with Gasteiger partial charge in [0.1, 0.15) is 18.9 Å². The van der Waals surface area contributed by atoms with E-state index in [0.29, 0.717) is 6.61 Å². The standard InChI is InChI=1S/C25H26ClN3O/c26-25-12-5-4-10-23(25)19-28-13-15-29(16-14-28)27-18-22-9-6-11-24(17-22)30-20-21-7-2-1-3-8-21/h1-12,17-18H,13-16,19-20H2/p+1/b27-18-. The molecule has 3 aromatic carbocycles. The number of benzene rings is 3. The van der Waals surface area contributed by atoms with Crippen molar-refractivity contribution in [2.24, 2.45) is 5.10 Å². The summed E-state index contributed by atoms with van der Waals surface area (Å²) in [5.41, 5.74) is 3.43. The summed E-state index contributed by atoms with van der Waals surface area (Å²) in [7, 11) is 0. The van der Waals surface area contributed by atoms with E-state index in [1.807, 2.05) is 54.7 Å². The van der Waals surface area contributed by atoms with Crippen LogP contribution in [0, 0.1) is 0 Å². The number of rotatable bonds is 7. The Balaban J connectivity index is 1.27. The summed E-state index contributed by atoms with van der Waals surface area (Å²) in [6.45, 7) is 5.54. The van der Waals surface area contributed by atoms with Crippen molar-refractivity contribution < 1.29 is 9.64 Å². The summed E-state index contributed by atoms with van der Waals surface area (Å²) < 4.78 is 5.92. The van der Waals surface area contributed by atoms with Gasteiger partial charge >= 0.3 is 0 Å². The third-order valence-corrected chi connectivity index (χ3v) is 5.69. The molecule has 0 bridgehead atoms. The number of hydrazone groups is 1. The van der Waals surface area contributed by atoms with Gasteiger partial charge in [0.05, 0.1) is 32.4 Å². The van der Waals surface area contributed by atoms with E-state index in [-0.39, 0.29) is 0 Å². The summed E-state index contributed by atoms with van der Waals surface area (Å²) in [6, 6.07) is 26.4. The van der Waals surface area contributed by atoms with Crippen LogP contribution in [0.1, 0.15) is 16.7 Å². The molecule has 0 aromatic heterocycles. The lowest BCUT2D eigenvalue weighted by atomic mass is 10.2. The van der Waals surface area contributed by atoms with Crippen molar-refractivity contribution in [1.29, 1.82) is 0 Å². The lowest BCUT2D eigenvalue weighted by molar-refractivity contribution is -0.918.